The van der Waals surface area contributed by atoms with Crippen molar-refractivity contribution in [2.45, 2.75) is 19.2 Å². The highest BCUT2D eigenvalue weighted by Crippen LogP contribution is 2.22. The van der Waals surface area contributed by atoms with Crippen LogP contribution in [0.2, 0.25) is 0 Å². The van der Waals surface area contributed by atoms with Gasteiger partial charge in [-0.25, -0.2) is 0 Å². The van der Waals surface area contributed by atoms with Crippen LogP contribution in [0.3, 0.4) is 0 Å². The molecule has 0 saturated heterocycles. The van der Waals surface area contributed by atoms with E-state index in [0.717, 1.165) is 0 Å². The fourth-order valence-corrected chi connectivity index (χ4v) is 1.62. The van der Waals surface area contributed by atoms with Gasteiger partial charge in [-0.05, 0) is 12.1 Å². The monoisotopic (exact) mass is 257 g/mol. The largest absolute Gasteiger partial charge is 0.396 e. The lowest BCUT2D eigenvalue weighted by Crippen LogP contribution is -2.16. The van der Waals surface area contributed by atoms with Crippen molar-refractivity contribution in [1.29, 1.82) is 0 Å². The van der Waals surface area contributed by atoms with Crippen molar-refractivity contribution in [2.24, 2.45) is 0 Å². The maximum atomic E-state index is 12.4. The van der Waals surface area contributed by atoms with Gasteiger partial charge in [0.05, 0.1) is 0 Å². The summed E-state index contributed by atoms with van der Waals surface area (Å²) in [5, 5.41) is 16.1. The van der Waals surface area contributed by atoms with E-state index in [1.807, 2.05) is 0 Å². The summed E-state index contributed by atoms with van der Waals surface area (Å²) in [5.41, 5.74) is 0.491. The third-order valence-corrected chi connectivity index (χ3v) is 2.31. The molecule has 2 aromatic rings. The van der Waals surface area contributed by atoms with E-state index in [-0.39, 0.29) is 11.6 Å². The first kappa shape index (κ1) is 12.6. The Balaban J connectivity index is 2.47. The van der Waals surface area contributed by atoms with Crippen molar-refractivity contribution in [2.75, 3.05) is 0 Å². The summed E-state index contributed by atoms with van der Waals surface area (Å²) in [6.45, 7) is -0.472. The van der Waals surface area contributed by atoms with Gasteiger partial charge in [0.15, 0.2) is 5.82 Å². The molecule has 0 aliphatic heterocycles. The van der Waals surface area contributed by atoms with Crippen molar-refractivity contribution in [3.05, 3.63) is 42.0 Å². The minimum atomic E-state index is -4.37. The van der Waals surface area contributed by atoms with E-state index in [9.17, 15) is 13.2 Å². The SMILES string of the molecule is OCc1nnc(CC(F)(F)F)n1-c1ccccc1. The molecule has 0 spiro atoms. The molecule has 0 aliphatic rings. The van der Waals surface area contributed by atoms with Gasteiger partial charge in [-0.2, -0.15) is 13.2 Å². The van der Waals surface area contributed by atoms with Crippen LogP contribution >= 0.6 is 0 Å². The van der Waals surface area contributed by atoms with Gasteiger partial charge in [-0.15, -0.1) is 10.2 Å². The third kappa shape index (κ3) is 2.67. The Bertz CT molecular complexity index is 522. The molecular weight excluding hydrogens is 247 g/mol. The van der Waals surface area contributed by atoms with Crippen molar-refractivity contribution >= 4 is 0 Å². The minimum absolute atomic E-state index is 0.0837. The Hall–Kier alpha value is -1.89. The molecule has 0 bridgehead atoms. The number of hydrogen-bond acceptors (Lipinski definition) is 3. The summed E-state index contributed by atoms with van der Waals surface area (Å²) in [4.78, 5) is 0. The number of nitrogens with zero attached hydrogens (tertiary/aromatic N) is 3. The molecule has 4 nitrogen and oxygen atoms in total. The van der Waals surface area contributed by atoms with Crippen molar-refractivity contribution < 1.29 is 18.3 Å². The number of aliphatic hydroxyl groups excluding tert-OH is 1. The van der Waals surface area contributed by atoms with Crippen LogP contribution in [0.25, 0.3) is 5.69 Å². The highest BCUT2D eigenvalue weighted by Gasteiger charge is 2.31. The number of rotatable bonds is 3. The van der Waals surface area contributed by atoms with Gasteiger partial charge in [-0.3, -0.25) is 4.57 Å². The summed E-state index contributed by atoms with van der Waals surface area (Å²) in [6, 6.07) is 8.38. The van der Waals surface area contributed by atoms with Crippen molar-refractivity contribution in [1.82, 2.24) is 14.8 Å². The molecule has 1 N–H and O–H groups in total. The third-order valence-electron chi connectivity index (χ3n) is 2.31. The number of para-hydroxylation sites is 1. The predicted octanol–water partition coefficient (Wildman–Crippen LogP) is 1.86. The molecule has 7 heteroatoms. The quantitative estimate of drug-likeness (QED) is 0.913. The molecule has 0 amide bonds. The van der Waals surface area contributed by atoms with Crippen LogP contribution in [0.1, 0.15) is 11.6 Å². The lowest BCUT2D eigenvalue weighted by molar-refractivity contribution is -0.128. The van der Waals surface area contributed by atoms with Crippen molar-refractivity contribution in [3.63, 3.8) is 0 Å². The van der Waals surface area contributed by atoms with Gasteiger partial charge in [0.25, 0.3) is 0 Å². The van der Waals surface area contributed by atoms with Gasteiger partial charge in [0.1, 0.15) is 18.9 Å². The molecule has 1 aromatic heterocycles. The van der Waals surface area contributed by atoms with E-state index in [1.165, 1.54) is 4.57 Å². The second-order valence-corrected chi connectivity index (χ2v) is 3.65. The lowest BCUT2D eigenvalue weighted by Gasteiger charge is -2.10. The zero-order chi connectivity index (χ0) is 13.2. The van der Waals surface area contributed by atoms with Crippen LogP contribution in [0.5, 0.6) is 0 Å². The first-order valence-corrected chi connectivity index (χ1v) is 5.17. The number of benzene rings is 1. The second kappa shape index (κ2) is 4.77. The highest BCUT2D eigenvalue weighted by atomic mass is 19.4. The Morgan fingerprint density at radius 2 is 1.67 bits per heavy atom. The Kier molecular flexibility index (Phi) is 3.33. The molecule has 0 unspecified atom stereocenters. The van der Waals surface area contributed by atoms with Crippen LogP contribution in [-0.4, -0.2) is 26.0 Å². The molecule has 2 rings (SSSR count). The maximum absolute atomic E-state index is 12.4. The maximum Gasteiger partial charge on any atom is 0.396 e. The van der Waals surface area contributed by atoms with E-state index in [2.05, 4.69) is 10.2 Å². The summed E-state index contributed by atoms with van der Waals surface area (Å²) in [6.07, 6.45) is -5.55. The van der Waals surface area contributed by atoms with E-state index >= 15 is 0 Å². The molecular formula is C11H10F3N3O. The number of halogens is 3. The van der Waals surface area contributed by atoms with Crippen LogP contribution < -0.4 is 0 Å². The zero-order valence-corrected chi connectivity index (χ0v) is 9.22. The van der Waals surface area contributed by atoms with Crippen LogP contribution in [0.4, 0.5) is 13.2 Å². The molecule has 0 radical (unpaired) electrons. The van der Waals surface area contributed by atoms with Gasteiger partial charge in [0, 0.05) is 5.69 Å². The fraction of sp³-hybridized carbons (Fsp3) is 0.273. The first-order valence-electron chi connectivity index (χ1n) is 5.17. The van der Waals surface area contributed by atoms with Crippen LogP contribution in [-0.2, 0) is 13.0 Å². The smallest absolute Gasteiger partial charge is 0.388 e. The number of hydrogen-bond donors (Lipinski definition) is 1. The molecule has 0 aliphatic carbocycles. The molecule has 0 saturated carbocycles. The standard InChI is InChI=1S/C11H10F3N3O/c12-11(13,14)6-9-15-16-10(7-18)17(9)8-4-2-1-3-5-8/h1-5,18H,6-7H2. The van der Waals surface area contributed by atoms with E-state index in [1.54, 1.807) is 30.3 Å². The molecule has 0 atom stereocenters. The predicted molar refractivity (Wildman–Crippen MR) is 57.0 cm³/mol. The Morgan fingerprint density at radius 3 is 2.22 bits per heavy atom. The first-order chi connectivity index (χ1) is 8.51. The Morgan fingerprint density at radius 1 is 1.06 bits per heavy atom. The number of alkyl halides is 3. The second-order valence-electron chi connectivity index (χ2n) is 3.65. The molecule has 0 fully saturated rings. The fourth-order valence-electron chi connectivity index (χ4n) is 1.62. The molecule has 1 heterocycles. The van der Waals surface area contributed by atoms with E-state index < -0.39 is 19.2 Å². The van der Waals surface area contributed by atoms with Gasteiger partial charge >= 0.3 is 6.18 Å². The molecule has 18 heavy (non-hydrogen) atoms. The summed E-state index contributed by atoms with van der Waals surface area (Å²) in [5.74, 6) is -0.154. The average molecular weight is 257 g/mol. The summed E-state index contributed by atoms with van der Waals surface area (Å²) >= 11 is 0. The van der Waals surface area contributed by atoms with E-state index in [0.29, 0.717) is 5.69 Å². The number of aliphatic hydroxyl groups is 1. The van der Waals surface area contributed by atoms with Gasteiger partial charge < -0.3 is 5.11 Å². The van der Waals surface area contributed by atoms with E-state index in [4.69, 9.17) is 5.11 Å². The van der Waals surface area contributed by atoms with Gasteiger partial charge in [-0.1, -0.05) is 18.2 Å². The van der Waals surface area contributed by atoms with Crippen LogP contribution in [0.15, 0.2) is 30.3 Å². The summed E-state index contributed by atoms with van der Waals surface area (Å²) < 4.78 is 38.4. The lowest BCUT2D eigenvalue weighted by atomic mass is 10.3. The highest BCUT2D eigenvalue weighted by molar-refractivity contribution is 5.34. The normalized spacial score (nSPS) is 11.8. The van der Waals surface area contributed by atoms with Crippen molar-refractivity contribution in [3.8, 4) is 5.69 Å². The summed E-state index contributed by atoms with van der Waals surface area (Å²) in [7, 11) is 0. The minimum Gasteiger partial charge on any atom is -0.388 e. The molecule has 1 aromatic carbocycles. The average Bonchev–Trinajstić information content (AvgIpc) is 2.70. The topological polar surface area (TPSA) is 50.9 Å². The van der Waals surface area contributed by atoms with Crippen LogP contribution in [0, 0.1) is 0 Å². The van der Waals surface area contributed by atoms with Gasteiger partial charge in [0.2, 0.25) is 0 Å². The number of aromatic nitrogens is 3. The molecule has 96 valence electrons. The zero-order valence-electron chi connectivity index (χ0n) is 9.22. The Labute approximate surface area is 101 Å².